The minimum absolute atomic E-state index is 0.0237. The SMILES string of the molecule is C=C(CNC)COc1cc(F)c(Br)cc1[N+](=O)[O-]. The smallest absolute Gasteiger partial charge is 0.312 e. The van der Waals surface area contributed by atoms with Crippen molar-refractivity contribution in [2.24, 2.45) is 0 Å². The third-order valence-corrected chi connectivity index (χ3v) is 2.66. The molecule has 0 bridgehead atoms. The minimum Gasteiger partial charge on any atom is -0.482 e. The van der Waals surface area contributed by atoms with Crippen molar-refractivity contribution in [2.45, 2.75) is 0 Å². The summed E-state index contributed by atoms with van der Waals surface area (Å²) in [6.07, 6.45) is 0. The van der Waals surface area contributed by atoms with Crippen molar-refractivity contribution in [3.05, 3.63) is 44.7 Å². The number of nitro groups is 1. The van der Waals surface area contributed by atoms with E-state index in [4.69, 9.17) is 4.74 Å². The molecule has 0 aliphatic carbocycles. The van der Waals surface area contributed by atoms with E-state index in [2.05, 4.69) is 27.8 Å². The van der Waals surface area contributed by atoms with Crippen molar-refractivity contribution in [3.8, 4) is 5.75 Å². The first-order valence-corrected chi connectivity index (χ1v) is 5.82. The molecule has 0 radical (unpaired) electrons. The number of benzene rings is 1. The van der Waals surface area contributed by atoms with Crippen molar-refractivity contribution < 1.29 is 14.1 Å². The van der Waals surface area contributed by atoms with Gasteiger partial charge in [0.05, 0.1) is 9.40 Å². The second kappa shape index (κ2) is 6.46. The first kappa shape index (κ1) is 14.6. The van der Waals surface area contributed by atoms with Gasteiger partial charge in [-0.1, -0.05) is 6.58 Å². The molecule has 5 nitrogen and oxygen atoms in total. The number of halogens is 2. The average molecular weight is 319 g/mol. The fourth-order valence-corrected chi connectivity index (χ4v) is 1.59. The van der Waals surface area contributed by atoms with Gasteiger partial charge in [-0.2, -0.15) is 0 Å². The fraction of sp³-hybridized carbons (Fsp3) is 0.273. The number of nitro benzene ring substituents is 1. The molecule has 98 valence electrons. The summed E-state index contributed by atoms with van der Waals surface area (Å²) in [6, 6.07) is 2.06. The Kier molecular flexibility index (Phi) is 5.24. The van der Waals surface area contributed by atoms with Crippen LogP contribution in [0.3, 0.4) is 0 Å². The number of hydrogen-bond acceptors (Lipinski definition) is 4. The zero-order chi connectivity index (χ0) is 13.7. The summed E-state index contributed by atoms with van der Waals surface area (Å²) in [4.78, 5) is 10.2. The van der Waals surface area contributed by atoms with Crippen LogP contribution in [0.25, 0.3) is 0 Å². The average Bonchev–Trinajstić information content (AvgIpc) is 2.30. The minimum atomic E-state index is -0.625. The lowest BCUT2D eigenvalue weighted by Crippen LogP contribution is -2.15. The maximum atomic E-state index is 13.3. The highest BCUT2D eigenvalue weighted by atomic mass is 79.9. The molecule has 1 rings (SSSR count). The molecule has 1 aromatic carbocycles. The Morgan fingerprint density at radius 2 is 2.33 bits per heavy atom. The molecular formula is C11H12BrFN2O3. The van der Waals surface area contributed by atoms with Crippen LogP contribution in [-0.2, 0) is 0 Å². The third kappa shape index (κ3) is 3.78. The summed E-state index contributed by atoms with van der Waals surface area (Å²) in [7, 11) is 1.74. The van der Waals surface area contributed by atoms with E-state index < -0.39 is 10.7 Å². The Morgan fingerprint density at radius 3 is 2.89 bits per heavy atom. The Hall–Kier alpha value is -1.47. The monoisotopic (exact) mass is 318 g/mol. The van der Waals surface area contributed by atoms with Crippen molar-refractivity contribution in [1.82, 2.24) is 5.32 Å². The lowest BCUT2D eigenvalue weighted by atomic mass is 10.3. The molecule has 0 heterocycles. The molecule has 0 unspecified atom stereocenters. The van der Waals surface area contributed by atoms with Gasteiger partial charge in [-0.15, -0.1) is 0 Å². The number of nitrogens with one attached hydrogen (secondary N) is 1. The van der Waals surface area contributed by atoms with E-state index in [1.807, 2.05) is 0 Å². The van der Waals surface area contributed by atoms with Gasteiger partial charge >= 0.3 is 5.69 Å². The molecule has 1 aromatic rings. The van der Waals surface area contributed by atoms with Crippen LogP contribution in [-0.4, -0.2) is 25.1 Å². The zero-order valence-electron chi connectivity index (χ0n) is 9.70. The molecular weight excluding hydrogens is 307 g/mol. The van der Waals surface area contributed by atoms with Crippen LogP contribution in [0.1, 0.15) is 0 Å². The molecule has 0 aliphatic rings. The van der Waals surface area contributed by atoms with E-state index >= 15 is 0 Å². The first-order chi connectivity index (χ1) is 8.45. The number of hydrogen-bond donors (Lipinski definition) is 1. The zero-order valence-corrected chi connectivity index (χ0v) is 11.3. The van der Waals surface area contributed by atoms with E-state index in [1.54, 1.807) is 7.05 Å². The summed E-state index contributed by atoms with van der Waals surface area (Å²) in [5.74, 6) is -0.729. The van der Waals surface area contributed by atoms with Crippen LogP contribution < -0.4 is 10.1 Å². The molecule has 0 amide bonds. The van der Waals surface area contributed by atoms with Gasteiger partial charge in [0.1, 0.15) is 12.4 Å². The van der Waals surface area contributed by atoms with Gasteiger partial charge < -0.3 is 10.1 Å². The van der Waals surface area contributed by atoms with Gasteiger partial charge in [0.25, 0.3) is 0 Å². The second-order valence-electron chi connectivity index (χ2n) is 3.56. The molecule has 0 saturated heterocycles. The summed E-state index contributed by atoms with van der Waals surface area (Å²) in [6.45, 7) is 4.32. The highest BCUT2D eigenvalue weighted by molar-refractivity contribution is 9.10. The van der Waals surface area contributed by atoms with Gasteiger partial charge in [0.2, 0.25) is 0 Å². The maximum Gasteiger partial charge on any atom is 0.312 e. The predicted octanol–water partition coefficient (Wildman–Crippen LogP) is 2.65. The van der Waals surface area contributed by atoms with Crippen LogP contribution in [0.15, 0.2) is 28.8 Å². The molecule has 18 heavy (non-hydrogen) atoms. The summed E-state index contributed by atoms with van der Waals surface area (Å²) >= 11 is 2.89. The van der Waals surface area contributed by atoms with Crippen molar-refractivity contribution in [1.29, 1.82) is 0 Å². The van der Waals surface area contributed by atoms with Crippen molar-refractivity contribution in [3.63, 3.8) is 0 Å². The van der Waals surface area contributed by atoms with E-state index in [0.29, 0.717) is 12.1 Å². The quantitative estimate of drug-likeness (QED) is 0.497. The second-order valence-corrected chi connectivity index (χ2v) is 4.41. The van der Waals surface area contributed by atoms with Gasteiger partial charge in [0, 0.05) is 18.7 Å². The predicted molar refractivity (Wildman–Crippen MR) is 69.3 cm³/mol. The number of nitrogens with zero attached hydrogens (tertiary/aromatic N) is 1. The van der Waals surface area contributed by atoms with E-state index in [-0.39, 0.29) is 22.5 Å². The van der Waals surface area contributed by atoms with Crippen LogP contribution in [0.5, 0.6) is 5.75 Å². The Morgan fingerprint density at radius 1 is 1.67 bits per heavy atom. The van der Waals surface area contributed by atoms with Crippen LogP contribution in [0.4, 0.5) is 10.1 Å². The van der Waals surface area contributed by atoms with E-state index in [9.17, 15) is 14.5 Å². The molecule has 0 atom stereocenters. The van der Waals surface area contributed by atoms with Crippen LogP contribution in [0, 0.1) is 15.9 Å². The lowest BCUT2D eigenvalue weighted by Gasteiger charge is -2.09. The Labute approximate surface area is 112 Å². The summed E-state index contributed by atoms with van der Waals surface area (Å²) in [5.41, 5.74) is 0.413. The fourth-order valence-electron chi connectivity index (χ4n) is 1.26. The van der Waals surface area contributed by atoms with Crippen molar-refractivity contribution in [2.75, 3.05) is 20.2 Å². The van der Waals surface area contributed by atoms with E-state index in [0.717, 1.165) is 12.1 Å². The number of rotatable bonds is 6. The Balaban J connectivity index is 2.90. The maximum absolute atomic E-state index is 13.3. The molecule has 0 aliphatic heterocycles. The molecule has 0 spiro atoms. The molecule has 1 N–H and O–H groups in total. The molecule has 7 heteroatoms. The summed E-state index contributed by atoms with van der Waals surface area (Å²) < 4.78 is 18.5. The molecule has 0 saturated carbocycles. The topological polar surface area (TPSA) is 64.4 Å². The largest absolute Gasteiger partial charge is 0.482 e. The highest BCUT2D eigenvalue weighted by Crippen LogP contribution is 2.32. The van der Waals surface area contributed by atoms with Gasteiger partial charge in [-0.25, -0.2) is 4.39 Å². The lowest BCUT2D eigenvalue weighted by molar-refractivity contribution is -0.386. The van der Waals surface area contributed by atoms with E-state index in [1.165, 1.54) is 0 Å². The normalized spacial score (nSPS) is 10.2. The molecule has 0 aromatic heterocycles. The number of ether oxygens (including phenoxy) is 1. The third-order valence-electron chi connectivity index (χ3n) is 2.06. The molecule has 0 fully saturated rings. The number of likely N-dealkylation sites (N-methyl/N-ethyl adjacent to an activating group) is 1. The summed E-state index contributed by atoms with van der Waals surface area (Å²) in [5, 5.41) is 13.7. The highest BCUT2D eigenvalue weighted by Gasteiger charge is 2.19. The van der Waals surface area contributed by atoms with Crippen LogP contribution in [0.2, 0.25) is 0 Å². The van der Waals surface area contributed by atoms with Gasteiger partial charge in [-0.05, 0) is 28.6 Å². The van der Waals surface area contributed by atoms with Crippen LogP contribution >= 0.6 is 15.9 Å². The standard InChI is InChI=1S/C11H12BrFN2O3/c1-7(5-14-2)6-18-11-4-9(13)8(12)3-10(11)15(16)17/h3-4,14H,1,5-6H2,2H3. The Bertz CT molecular complexity index is 480. The first-order valence-electron chi connectivity index (χ1n) is 5.03. The van der Waals surface area contributed by atoms with Crippen molar-refractivity contribution >= 4 is 21.6 Å². The van der Waals surface area contributed by atoms with Gasteiger partial charge in [0.15, 0.2) is 5.75 Å². The van der Waals surface area contributed by atoms with Gasteiger partial charge in [-0.3, -0.25) is 10.1 Å².